The van der Waals surface area contributed by atoms with Crippen LogP contribution in [-0.4, -0.2) is 51.3 Å². The third-order valence-electron chi connectivity index (χ3n) is 5.73. The van der Waals surface area contributed by atoms with Crippen LogP contribution in [0.2, 0.25) is 0 Å². The highest BCUT2D eigenvalue weighted by Gasteiger charge is 2.39. The minimum atomic E-state index is -2.48. The number of alkyl halides is 2. The van der Waals surface area contributed by atoms with Crippen molar-refractivity contribution in [1.82, 2.24) is 19.8 Å². The Morgan fingerprint density at radius 2 is 2.25 bits per heavy atom. The molecule has 0 aliphatic carbocycles. The number of nitrogens with zero attached hydrogens (tertiary/aromatic N) is 4. The highest BCUT2D eigenvalue weighted by atomic mass is 19.3. The fourth-order valence-electron chi connectivity index (χ4n) is 4.27. The normalized spacial score (nSPS) is 24.9. The minimum absolute atomic E-state index is 0.0976. The number of aromatic nitrogens is 3. The lowest BCUT2D eigenvalue weighted by Crippen LogP contribution is -2.48. The van der Waals surface area contributed by atoms with Gasteiger partial charge in [0.05, 0.1) is 5.69 Å². The second-order valence-electron chi connectivity index (χ2n) is 7.69. The summed E-state index contributed by atoms with van der Waals surface area (Å²) in [4.78, 5) is 14.5. The van der Waals surface area contributed by atoms with Crippen molar-refractivity contribution in [2.24, 2.45) is 5.92 Å². The van der Waals surface area contributed by atoms with Gasteiger partial charge in [-0.15, -0.1) is 0 Å². The van der Waals surface area contributed by atoms with E-state index in [9.17, 15) is 13.6 Å². The molecule has 2 aliphatic rings. The van der Waals surface area contributed by atoms with Gasteiger partial charge in [0.1, 0.15) is 17.6 Å². The van der Waals surface area contributed by atoms with Gasteiger partial charge < -0.3 is 14.7 Å². The van der Waals surface area contributed by atoms with Crippen LogP contribution >= 0.6 is 0 Å². The second-order valence-corrected chi connectivity index (χ2v) is 7.69. The van der Waals surface area contributed by atoms with Crippen molar-refractivity contribution in [2.45, 2.75) is 58.0 Å². The van der Waals surface area contributed by atoms with E-state index in [1.807, 2.05) is 6.92 Å². The van der Waals surface area contributed by atoms with Gasteiger partial charge >= 0.3 is 0 Å². The summed E-state index contributed by atoms with van der Waals surface area (Å²) in [7, 11) is 0. The van der Waals surface area contributed by atoms with Crippen LogP contribution in [0.4, 0.5) is 14.6 Å². The van der Waals surface area contributed by atoms with E-state index in [4.69, 9.17) is 4.52 Å². The molecule has 2 aliphatic heterocycles. The van der Waals surface area contributed by atoms with Crippen LogP contribution in [0.15, 0.2) is 16.7 Å². The monoisotopic (exact) mass is 393 g/mol. The van der Waals surface area contributed by atoms with E-state index < -0.39 is 12.5 Å². The summed E-state index contributed by atoms with van der Waals surface area (Å²) in [6, 6.07) is 2.42. The Balaban J connectivity index is 1.49. The maximum absolute atomic E-state index is 13.6. The van der Waals surface area contributed by atoms with E-state index in [0.717, 1.165) is 12.8 Å². The number of hydrogen-bond acceptors (Lipinski definition) is 5. The summed E-state index contributed by atoms with van der Waals surface area (Å²) in [6.45, 7) is 4.90. The molecule has 3 atom stereocenters. The highest BCUT2D eigenvalue weighted by Crippen LogP contribution is 2.36. The lowest BCUT2D eigenvalue weighted by atomic mass is 9.86. The van der Waals surface area contributed by atoms with E-state index in [0.29, 0.717) is 48.9 Å². The molecule has 28 heavy (non-hydrogen) atoms. The molecule has 152 valence electrons. The molecule has 1 unspecified atom stereocenters. The van der Waals surface area contributed by atoms with Crippen LogP contribution in [0.5, 0.6) is 0 Å². The Morgan fingerprint density at radius 3 is 2.96 bits per heavy atom. The fourth-order valence-corrected chi connectivity index (χ4v) is 4.27. The van der Waals surface area contributed by atoms with Gasteiger partial charge in [0.25, 0.3) is 12.3 Å². The molecule has 0 saturated carbocycles. The van der Waals surface area contributed by atoms with Gasteiger partial charge in [0.15, 0.2) is 5.69 Å². The van der Waals surface area contributed by atoms with Gasteiger partial charge in [0.2, 0.25) is 0 Å². The molecule has 1 N–H and O–H groups in total. The number of likely N-dealkylation sites (tertiary alicyclic amines) is 1. The Hall–Kier alpha value is -2.45. The Morgan fingerprint density at radius 1 is 1.43 bits per heavy atom. The van der Waals surface area contributed by atoms with Crippen LogP contribution in [0, 0.1) is 12.8 Å². The first kappa shape index (κ1) is 18.9. The maximum Gasteiger partial charge on any atom is 0.276 e. The molecule has 0 spiro atoms. The molecule has 2 aromatic heterocycles. The summed E-state index contributed by atoms with van der Waals surface area (Å²) in [5, 5.41) is 11.5. The van der Waals surface area contributed by atoms with Crippen molar-refractivity contribution < 1.29 is 18.1 Å². The number of carbonyl (C=O) groups is 1. The molecule has 1 amide bonds. The number of anilines is 1. The van der Waals surface area contributed by atoms with Crippen molar-refractivity contribution in [1.29, 1.82) is 0 Å². The molecule has 7 nitrogen and oxygen atoms in total. The topological polar surface area (TPSA) is 76.2 Å². The molecule has 1 fully saturated rings. The Labute approximate surface area is 162 Å². The molecule has 2 aromatic rings. The van der Waals surface area contributed by atoms with E-state index in [1.54, 1.807) is 24.0 Å². The smallest absolute Gasteiger partial charge is 0.276 e. The van der Waals surface area contributed by atoms with Crippen molar-refractivity contribution in [3.63, 3.8) is 0 Å². The largest absolute Gasteiger partial charge is 0.367 e. The van der Waals surface area contributed by atoms with Gasteiger partial charge in [-0.05, 0) is 32.1 Å². The molecule has 9 heteroatoms. The zero-order valence-electron chi connectivity index (χ0n) is 16.1. The number of amides is 1. The van der Waals surface area contributed by atoms with Gasteiger partial charge in [-0.25, -0.2) is 13.5 Å². The first-order valence-corrected chi connectivity index (χ1v) is 9.82. The van der Waals surface area contributed by atoms with E-state index >= 15 is 0 Å². The Kier molecular flexibility index (Phi) is 5.07. The molecule has 1 saturated heterocycles. The quantitative estimate of drug-likeness (QED) is 0.863. The predicted octanol–water partition coefficient (Wildman–Crippen LogP) is 3.28. The molecular formula is C19H25F2N5O2. The van der Waals surface area contributed by atoms with Crippen LogP contribution in [0.3, 0.4) is 0 Å². The zero-order chi connectivity index (χ0) is 19.8. The number of aryl methyl sites for hydroxylation is 2. The van der Waals surface area contributed by atoms with E-state index in [1.165, 1.54) is 4.68 Å². The minimum Gasteiger partial charge on any atom is -0.367 e. The lowest BCUT2D eigenvalue weighted by molar-refractivity contribution is 0.0501. The van der Waals surface area contributed by atoms with E-state index in [2.05, 4.69) is 15.6 Å². The second kappa shape index (κ2) is 7.52. The summed E-state index contributed by atoms with van der Waals surface area (Å²) in [5.41, 5.74) is 1.03. The summed E-state index contributed by atoms with van der Waals surface area (Å²) < 4.78 is 33.8. The predicted molar refractivity (Wildman–Crippen MR) is 98.5 cm³/mol. The van der Waals surface area contributed by atoms with Crippen LogP contribution in [0.1, 0.15) is 54.2 Å². The van der Waals surface area contributed by atoms with Crippen LogP contribution in [0.25, 0.3) is 0 Å². The average Bonchev–Trinajstić information content (AvgIpc) is 3.32. The number of hydrogen-bond donors (Lipinski definition) is 1. The first-order valence-electron chi connectivity index (χ1n) is 9.82. The van der Waals surface area contributed by atoms with E-state index in [-0.39, 0.29) is 17.9 Å². The maximum atomic E-state index is 13.6. The highest BCUT2D eigenvalue weighted by molar-refractivity contribution is 5.92. The number of nitrogens with one attached hydrogen (secondary N) is 1. The Bertz CT molecular complexity index is 849. The van der Waals surface area contributed by atoms with Crippen molar-refractivity contribution >= 4 is 11.7 Å². The summed E-state index contributed by atoms with van der Waals surface area (Å²) >= 11 is 0. The number of piperidine rings is 1. The van der Waals surface area contributed by atoms with Gasteiger partial charge in [-0.2, -0.15) is 5.10 Å². The summed E-state index contributed by atoms with van der Waals surface area (Å²) in [6.07, 6.45) is 0.222. The third-order valence-corrected chi connectivity index (χ3v) is 5.73. The zero-order valence-corrected chi connectivity index (χ0v) is 16.1. The van der Waals surface area contributed by atoms with Gasteiger partial charge in [-0.1, -0.05) is 12.1 Å². The third kappa shape index (κ3) is 3.49. The van der Waals surface area contributed by atoms with Crippen molar-refractivity contribution in [3.8, 4) is 0 Å². The van der Waals surface area contributed by atoms with Gasteiger partial charge in [0, 0.05) is 37.7 Å². The number of fused-ring (bicyclic) bond motifs is 1. The fraction of sp³-hybridized carbons (Fsp3) is 0.632. The first-order chi connectivity index (χ1) is 13.5. The number of halogens is 2. The van der Waals surface area contributed by atoms with Crippen LogP contribution in [-0.2, 0) is 6.42 Å². The molecule has 4 heterocycles. The lowest BCUT2D eigenvalue weighted by Gasteiger charge is -2.41. The van der Waals surface area contributed by atoms with Crippen molar-refractivity contribution in [2.75, 3.05) is 18.4 Å². The molecular weight excluding hydrogens is 368 g/mol. The molecule has 0 bridgehead atoms. The number of carbonyl (C=O) groups excluding carboxylic acids is 1. The summed E-state index contributed by atoms with van der Waals surface area (Å²) in [5.74, 6) is 1.25. The standard InChI is InChI=1S/C19H25F2N5O2/c1-3-13-8-15(24-28-13)19(27)25-6-4-5-12(10-25)14-9-16(18(20)21)26-17(22-14)7-11(2)23-26/h7-8,12,14,16,18,22H,3-6,9-10H2,1-2H3/t12?,14-,16+/m0/s1. The SMILES string of the molecule is CCc1cc(C(=O)N2CCCC([C@@H]3C[C@H](C(F)F)n4nc(C)cc4N3)C2)no1. The molecule has 0 radical (unpaired) electrons. The average molecular weight is 393 g/mol. The molecule has 0 aromatic carbocycles. The molecule has 4 rings (SSSR count). The van der Waals surface area contributed by atoms with Crippen LogP contribution < -0.4 is 5.32 Å². The van der Waals surface area contributed by atoms with Crippen molar-refractivity contribution in [3.05, 3.63) is 29.3 Å². The van der Waals surface area contributed by atoms with Gasteiger partial charge in [-0.3, -0.25) is 4.79 Å². The number of rotatable bonds is 4.